The van der Waals surface area contributed by atoms with Crippen molar-refractivity contribution in [2.75, 3.05) is 57.4 Å². The molecule has 0 spiro atoms. The Balaban J connectivity index is 2.46. The molecule has 26 heavy (non-hydrogen) atoms. The monoisotopic (exact) mass is 384 g/mol. The van der Waals surface area contributed by atoms with Crippen LogP contribution in [0.15, 0.2) is 23.1 Å². The van der Waals surface area contributed by atoms with Crippen LogP contribution in [0.5, 0.6) is 0 Å². The number of hydrogen-bond acceptors (Lipinski definition) is 6. The lowest BCUT2D eigenvalue weighted by molar-refractivity contribution is 0.0953. The van der Waals surface area contributed by atoms with Crippen LogP contribution in [-0.2, 0) is 14.8 Å². The number of sulfonamides is 1. The number of hydrogen-bond donors (Lipinski definition) is 2. The molecule has 1 amide bonds. The van der Waals surface area contributed by atoms with Crippen LogP contribution in [0.25, 0.3) is 0 Å². The first-order valence-electron chi connectivity index (χ1n) is 8.90. The molecule has 1 aliphatic heterocycles. The molecule has 1 saturated heterocycles. The molecule has 0 unspecified atom stereocenters. The molecule has 1 aromatic rings. The van der Waals surface area contributed by atoms with Crippen molar-refractivity contribution >= 4 is 21.6 Å². The van der Waals surface area contributed by atoms with E-state index in [1.807, 2.05) is 4.90 Å². The van der Waals surface area contributed by atoms with E-state index in [1.165, 1.54) is 10.4 Å². The van der Waals surface area contributed by atoms with Gasteiger partial charge in [0.25, 0.3) is 5.91 Å². The Morgan fingerprint density at radius 2 is 1.92 bits per heavy atom. The van der Waals surface area contributed by atoms with Crippen molar-refractivity contribution < 1.29 is 17.9 Å². The SMILES string of the molecule is CCN(CC)S(=O)(=O)c1ccc(N2CCOCC2)c(C(=O)NCCN)c1. The summed E-state index contributed by atoms with van der Waals surface area (Å²) in [5, 5.41) is 2.73. The lowest BCUT2D eigenvalue weighted by Crippen LogP contribution is -2.38. The molecule has 2 rings (SSSR count). The molecule has 1 aliphatic rings. The van der Waals surface area contributed by atoms with Gasteiger partial charge in [-0.15, -0.1) is 0 Å². The van der Waals surface area contributed by atoms with Gasteiger partial charge in [0.15, 0.2) is 0 Å². The van der Waals surface area contributed by atoms with Crippen molar-refractivity contribution in [3.8, 4) is 0 Å². The van der Waals surface area contributed by atoms with Crippen molar-refractivity contribution in [2.45, 2.75) is 18.7 Å². The first-order valence-corrected chi connectivity index (χ1v) is 10.3. The van der Waals surface area contributed by atoms with Crippen molar-refractivity contribution in [1.82, 2.24) is 9.62 Å². The van der Waals surface area contributed by atoms with Crippen LogP contribution < -0.4 is 16.0 Å². The lowest BCUT2D eigenvalue weighted by atomic mass is 10.1. The van der Waals surface area contributed by atoms with E-state index in [0.29, 0.717) is 63.7 Å². The Hall–Kier alpha value is -1.68. The van der Waals surface area contributed by atoms with Gasteiger partial charge < -0.3 is 20.7 Å². The molecule has 8 nitrogen and oxygen atoms in total. The Kier molecular flexibility index (Phi) is 7.39. The van der Waals surface area contributed by atoms with Crippen LogP contribution in [0.1, 0.15) is 24.2 Å². The number of morpholine rings is 1. The zero-order valence-corrected chi connectivity index (χ0v) is 16.2. The third-order valence-electron chi connectivity index (χ3n) is 4.34. The number of rotatable bonds is 8. The maximum atomic E-state index is 12.8. The molecule has 0 aromatic heterocycles. The lowest BCUT2D eigenvalue weighted by Gasteiger charge is -2.30. The highest BCUT2D eigenvalue weighted by Gasteiger charge is 2.26. The second kappa shape index (κ2) is 9.31. The van der Waals surface area contributed by atoms with E-state index < -0.39 is 10.0 Å². The second-order valence-corrected chi connectivity index (χ2v) is 7.85. The number of carbonyl (C=O) groups is 1. The van der Waals surface area contributed by atoms with Crippen LogP contribution in [-0.4, -0.2) is 71.1 Å². The maximum absolute atomic E-state index is 12.8. The molecule has 1 fully saturated rings. The summed E-state index contributed by atoms with van der Waals surface area (Å²) in [4.78, 5) is 14.8. The van der Waals surface area contributed by atoms with E-state index in [-0.39, 0.29) is 10.8 Å². The average Bonchev–Trinajstić information content (AvgIpc) is 2.67. The smallest absolute Gasteiger partial charge is 0.253 e. The van der Waals surface area contributed by atoms with Crippen molar-refractivity contribution in [2.24, 2.45) is 5.73 Å². The Bertz CT molecular complexity index is 713. The summed E-state index contributed by atoms with van der Waals surface area (Å²) >= 11 is 0. The topological polar surface area (TPSA) is 105 Å². The number of nitrogens with one attached hydrogen (secondary N) is 1. The standard InChI is InChI=1S/C17H28N4O4S/c1-3-21(4-2)26(23,24)14-5-6-16(20-9-11-25-12-10-20)15(13-14)17(22)19-8-7-18/h5-6,13H,3-4,7-12,18H2,1-2H3,(H,19,22). The largest absolute Gasteiger partial charge is 0.378 e. The minimum absolute atomic E-state index is 0.121. The molecule has 3 N–H and O–H groups in total. The zero-order chi connectivity index (χ0) is 19.2. The number of amides is 1. The highest BCUT2D eigenvalue weighted by molar-refractivity contribution is 7.89. The summed E-state index contributed by atoms with van der Waals surface area (Å²) in [6.45, 7) is 7.42. The van der Waals surface area contributed by atoms with E-state index in [4.69, 9.17) is 10.5 Å². The summed E-state index contributed by atoms with van der Waals surface area (Å²) in [6.07, 6.45) is 0. The fourth-order valence-corrected chi connectivity index (χ4v) is 4.42. The molecule has 0 bridgehead atoms. The predicted octanol–water partition coefficient (Wildman–Crippen LogP) is 0.242. The minimum atomic E-state index is -3.64. The highest BCUT2D eigenvalue weighted by atomic mass is 32.2. The van der Waals surface area contributed by atoms with Crippen molar-refractivity contribution in [3.05, 3.63) is 23.8 Å². The van der Waals surface area contributed by atoms with Gasteiger partial charge in [0.1, 0.15) is 0 Å². The third-order valence-corrected chi connectivity index (χ3v) is 6.38. The summed E-state index contributed by atoms with van der Waals surface area (Å²) in [6, 6.07) is 4.74. The van der Waals surface area contributed by atoms with E-state index >= 15 is 0 Å². The molecule has 0 radical (unpaired) electrons. The number of nitrogens with zero attached hydrogens (tertiary/aromatic N) is 2. The van der Waals surface area contributed by atoms with E-state index in [2.05, 4.69) is 5.32 Å². The second-order valence-electron chi connectivity index (χ2n) is 5.91. The van der Waals surface area contributed by atoms with Gasteiger partial charge in [0, 0.05) is 45.0 Å². The van der Waals surface area contributed by atoms with Crippen LogP contribution in [0, 0.1) is 0 Å². The average molecular weight is 385 g/mol. The molecule has 0 saturated carbocycles. The molecule has 0 aliphatic carbocycles. The molecule has 9 heteroatoms. The third kappa shape index (κ3) is 4.53. The number of nitrogens with two attached hydrogens (primary N) is 1. The quantitative estimate of drug-likeness (QED) is 0.665. The zero-order valence-electron chi connectivity index (χ0n) is 15.4. The number of anilines is 1. The van der Waals surface area contributed by atoms with Crippen LogP contribution >= 0.6 is 0 Å². The van der Waals surface area contributed by atoms with Gasteiger partial charge in [-0.1, -0.05) is 13.8 Å². The van der Waals surface area contributed by atoms with Gasteiger partial charge in [-0.2, -0.15) is 4.31 Å². The molecule has 1 heterocycles. The molecule has 1 aromatic carbocycles. The number of carbonyl (C=O) groups excluding carboxylic acids is 1. The van der Waals surface area contributed by atoms with Gasteiger partial charge in [0.2, 0.25) is 10.0 Å². The van der Waals surface area contributed by atoms with Crippen LogP contribution in [0.3, 0.4) is 0 Å². The van der Waals surface area contributed by atoms with Crippen molar-refractivity contribution in [3.63, 3.8) is 0 Å². The Labute approximate surface area is 155 Å². The normalized spacial score (nSPS) is 15.3. The predicted molar refractivity (Wildman–Crippen MR) is 101 cm³/mol. The fraction of sp³-hybridized carbons (Fsp3) is 0.588. The summed E-state index contributed by atoms with van der Waals surface area (Å²) in [7, 11) is -3.64. The van der Waals surface area contributed by atoms with Gasteiger partial charge in [-0.25, -0.2) is 8.42 Å². The first-order chi connectivity index (χ1) is 12.5. The molecular weight excluding hydrogens is 356 g/mol. The summed E-state index contributed by atoms with van der Waals surface area (Å²) < 4.78 is 32.4. The van der Waals surface area contributed by atoms with Crippen LogP contribution in [0.2, 0.25) is 0 Å². The minimum Gasteiger partial charge on any atom is -0.378 e. The molecule has 0 atom stereocenters. The van der Waals surface area contributed by atoms with Gasteiger partial charge >= 0.3 is 0 Å². The van der Waals surface area contributed by atoms with E-state index in [1.54, 1.807) is 26.0 Å². The molecule has 146 valence electrons. The highest BCUT2D eigenvalue weighted by Crippen LogP contribution is 2.26. The van der Waals surface area contributed by atoms with E-state index in [9.17, 15) is 13.2 Å². The Morgan fingerprint density at radius 1 is 1.27 bits per heavy atom. The van der Waals surface area contributed by atoms with Gasteiger partial charge in [-0.3, -0.25) is 4.79 Å². The summed E-state index contributed by atoms with van der Waals surface area (Å²) in [5.74, 6) is -0.325. The van der Waals surface area contributed by atoms with Crippen LogP contribution in [0.4, 0.5) is 5.69 Å². The van der Waals surface area contributed by atoms with E-state index in [0.717, 1.165) is 0 Å². The van der Waals surface area contributed by atoms with Gasteiger partial charge in [0.05, 0.1) is 23.7 Å². The van der Waals surface area contributed by atoms with Crippen molar-refractivity contribution in [1.29, 1.82) is 0 Å². The molecular formula is C17H28N4O4S. The first kappa shape index (κ1) is 20.6. The summed E-state index contributed by atoms with van der Waals surface area (Å²) in [5.41, 5.74) is 6.52. The Morgan fingerprint density at radius 3 is 2.50 bits per heavy atom. The fourth-order valence-electron chi connectivity index (χ4n) is 2.93. The maximum Gasteiger partial charge on any atom is 0.253 e. The number of ether oxygens (including phenoxy) is 1. The number of benzene rings is 1. The van der Waals surface area contributed by atoms with Gasteiger partial charge in [-0.05, 0) is 18.2 Å².